The van der Waals surface area contributed by atoms with Crippen molar-refractivity contribution in [3.05, 3.63) is 18.3 Å². The highest BCUT2D eigenvalue weighted by molar-refractivity contribution is 5.90. The van der Waals surface area contributed by atoms with Crippen molar-refractivity contribution in [2.45, 2.75) is 51.5 Å². The van der Waals surface area contributed by atoms with E-state index in [9.17, 15) is 4.79 Å². The predicted octanol–water partition coefficient (Wildman–Crippen LogP) is 3.32. The minimum atomic E-state index is -0.175. The molecule has 0 spiro atoms. The number of nitrogens with one attached hydrogen (secondary N) is 2. The van der Waals surface area contributed by atoms with E-state index >= 15 is 0 Å². The van der Waals surface area contributed by atoms with Gasteiger partial charge < -0.3 is 15.4 Å². The first kappa shape index (κ1) is 14.6. The van der Waals surface area contributed by atoms with Gasteiger partial charge in [0.15, 0.2) is 0 Å². The fourth-order valence-electron chi connectivity index (χ4n) is 2.51. The van der Waals surface area contributed by atoms with Crippen LogP contribution in [-0.2, 0) is 0 Å². The second kappa shape index (κ2) is 7.72. The molecule has 1 aliphatic rings. The zero-order valence-corrected chi connectivity index (χ0v) is 12.0. The molecule has 2 rings (SSSR count). The van der Waals surface area contributed by atoms with Crippen molar-refractivity contribution in [3.8, 4) is 5.88 Å². The van der Waals surface area contributed by atoms with Crippen molar-refractivity contribution in [2.75, 3.05) is 11.9 Å². The van der Waals surface area contributed by atoms with Gasteiger partial charge in [0.1, 0.15) is 5.69 Å². The molecule has 110 valence electrons. The number of pyridine rings is 1. The molecule has 1 fully saturated rings. The summed E-state index contributed by atoms with van der Waals surface area (Å²) in [5.74, 6) is 0.464. The van der Waals surface area contributed by atoms with Gasteiger partial charge in [-0.05, 0) is 31.9 Å². The average molecular weight is 277 g/mol. The number of urea groups is 1. The van der Waals surface area contributed by atoms with E-state index in [1.165, 1.54) is 25.7 Å². The Morgan fingerprint density at radius 2 is 2.10 bits per heavy atom. The molecule has 1 aromatic heterocycles. The molecule has 0 unspecified atom stereocenters. The van der Waals surface area contributed by atoms with Crippen LogP contribution in [0.25, 0.3) is 0 Å². The van der Waals surface area contributed by atoms with Crippen LogP contribution in [0.4, 0.5) is 10.5 Å². The van der Waals surface area contributed by atoms with Crippen molar-refractivity contribution in [1.82, 2.24) is 10.3 Å². The van der Waals surface area contributed by atoms with Crippen molar-refractivity contribution in [3.63, 3.8) is 0 Å². The van der Waals surface area contributed by atoms with Gasteiger partial charge in [-0.2, -0.15) is 0 Å². The number of carbonyl (C=O) groups excluding carboxylic acids is 1. The maximum atomic E-state index is 12.0. The van der Waals surface area contributed by atoms with Crippen molar-refractivity contribution in [2.24, 2.45) is 0 Å². The van der Waals surface area contributed by atoms with Crippen LogP contribution in [0.3, 0.4) is 0 Å². The normalized spacial score (nSPS) is 16.2. The van der Waals surface area contributed by atoms with Crippen LogP contribution < -0.4 is 15.4 Å². The molecule has 20 heavy (non-hydrogen) atoms. The molecule has 0 aromatic carbocycles. The molecule has 0 bridgehead atoms. The van der Waals surface area contributed by atoms with E-state index in [1.807, 2.05) is 6.92 Å². The summed E-state index contributed by atoms with van der Waals surface area (Å²) in [4.78, 5) is 16.2. The molecule has 0 radical (unpaired) electrons. The number of nitrogens with zero attached hydrogens (tertiary/aromatic N) is 1. The summed E-state index contributed by atoms with van der Waals surface area (Å²) >= 11 is 0. The third-order valence-electron chi connectivity index (χ3n) is 3.49. The van der Waals surface area contributed by atoms with E-state index in [4.69, 9.17) is 4.74 Å². The van der Waals surface area contributed by atoms with Crippen LogP contribution in [0, 0.1) is 0 Å². The third kappa shape index (κ3) is 4.40. The Morgan fingerprint density at radius 1 is 1.35 bits per heavy atom. The average Bonchev–Trinajstić information content (AvgIpc) is 2.70. The van der Waals surface area contributed by atoms with Gasteiger partial charge >= 0.3 is 6.03 Å². The van der Waals surface area contributed by atoms with Gasteiger partial charge in [-0.15, -0.1) is 0 Å². The monoisotopic (exact) mass is 277 g/mol. The molecule has 5 nitrogen and oxygen atoms in total. The molecule has 0 atom stereocenters. The second-order valence-corrected chi connectivity index (χ2v) is 5.08. The maximum Gasteiger partial charge on any atom is 0.319 e. The molecule has 2 N–H and O–H groups in total. The summed E-state index contributed by atoms with van der Waals surface area (Å²) in [6, 6.07) is 3.68. The Balaban J connectivity index is 1.90. The first-order valence-electron chi connectivity index (χ1n) is 7.45. The summed E-state index contributed by atoms with van der Waals surface area (Å²) in [6.07, 6.45) is 8.73. The number of ether oxygens (including phenoxy) is 1. The molecule has 1 saturated carbocycles. The Kier molecular flexibility index (Phi) is 5.65. The van der Waals surface area contributed by atoms with Gasteiger partial charge in [-0.25, -0.2) is 9.78 Å². The SMILES string of the molecule is CCOc1ncccc1NC(=O)NC1CCCCCC1. The highest BCUT2D eigenvalue weighted by Crippen LogP contribution is 2.21. The minimum Gasteiger partial charge on any atom is -0.476 e. The van der Waals surface area contributed by atoms with Crippen LogP contribution in [0.1, 0.15) is 45.4 Å². The van der Waals surface area contributed by atoms with E-state index in [1.54, 1.807) is 18.3 Å². The highest BCUT2D eigenvalue weighted by Gasteiger charge is 2.15. The summed E-state index contributed by atoms with van der Waals surface area (Å²) in [5, 5.41) is 5.87. The predicted molar refractivity (Wildman–Crippen MR) is 79.1 cm³/mol. The van der Waals surface area contributed by atoms with E-state index in [-0.39, 0.29) is 12.1 Å². The van der Waals surface area contributed by atoms with E-state index in [0.717, 1.165) is 12.8 Å². The Morgan fingerprint density at radius 3 is 2.80 bits per heavy atom. The highest BCUT2D eigenvalue weighted by atomic mass is 16.5. The Bertz CT molecular complexity index is 429. The van der Waals surface area contributed by atoms with Crippen LogP contribution >= 0.6 is 0 Å². The van der Waals surface area contributed by atoms with E-state index in [2.05, 4.69) is 15.6 Å². The van der Waals surface area contributed by atoms with Crippen molar-refractivity contribution >= 4 is 11.7 Å². The molecule has 1 aromatic rings. The lowest BCUT2D eigenvalue weighted by atomic mass is 10.1. The van der Waals surface area contributed by atoms with Crippen LogP contribution in [0.2, 0.25) is 0 Å². The summed E-state index contributed by atoms with van der Waals surface area (Å²) < 4.78 is 5.39. The number of hydrogen-bond acceptors (Lipinski definition) is 3. The molecule has 0 aliphatic heterocycles. The lowest BCUT2D eigenvalue weighted by molar-refractivity contribution is 0.246. The number of amides is 2. The molecule has 5 heteroatoms. The zero-order valence-electron chi connectivity index (χ0n) is 12.0. The number of aromatic nitrogens is 1. The van der Waals surface area contributed by atoms with E-state index < -0.39 is 0 Å². The first-order valence-corrected chi connectivity index (χ1v) is 7.45. The number of rotatable bonds is 4. The topological polar surface area (TPSA) is 63.2 Å². The molecule has 0 saturated heterocycles. The lowest BCUT2D eigenvalue weighted by Crippen LogP contribution is -2.37. The lowest BCUT2D eigenvalue weighted by Gasteiger charge is -2.17. The summed E-state index contributed by atoms with van der Waals surface area (Å²) in [6.45, 7) is 2.42. The Labute approximate surface area is 120 Å². The van der Waals surface area contributed by atoms with Crippen molar-refractivity contribution in [1.29, 1.82) is 0 Å². The molecular weight excluding hydrogens is 254 g/mol. The quantitative estimate of drug-likeness (QED) is 0.830. The molecular formula is C15H23N3O2. The minimum absolute atomic E-state index is 0.175. The van der Waals surface area contributed by atoms with E-state index in [0.29, 0.717) is 18.2 Å². The third-order valence-corrected chi connectivity index (χ3v) is 3.49. The smallest absolute Gasteiger partial charge is 0.319 e. The van der Waals surface area contributed by atoms with Crippen LogP contribution in [0.15, 0.2) is 18.3 Å². The van der Waals surface area contributed by atoms with Gasteiger partial charge in [0.25, 0.3) is 0 Å². The van der Waals surface area contributed by atoms with Gasteiger partial charge in [-0.3, -0.25) is 0 Å². The first-order chi connectivity index (χ1) is 9.79. The van der Waals surface area contributed by atoms with Gasteiger partial charge in [-0.1, -0.05) is 25.7 Å². The maximum absolute atomic E-state index is 12.0. The van der Waals surface area contributed by atoms with Crippen molar-refractivity contribution < 1.29 is 9.53 Å². The van der Waals surface area contributed by atoms with Crippen LogP contribution in [-0.4, -0.2) is 23.7 Å². The van der Waals surface area contributed by atoms with Crippen LogP contribution in [0.5, 0.6) is 5.88 Å². The largest absolute Gasteiger partial charge is 0.476 e. The summed E-state index contributed by atoms with van der Waals surface area (Å²) in [5.41, 5.74) is 0.612. The molecule has 2 amide bonds. The molecule has 1 aliphatic carbocycles. The summed E-state index contributed by atoms with van der Waals surface area (Å²) in [7, 11) is 0. The number of carbonyl (C=O) groups is 1. The Hall–Kier alpha value is -1.78. The molecule has 1 heterocycles. The number of hydrogen-bond donors (Lipinski definition) is 2. The fraction of sp³-hybridized carbons (Fsp3) is 0.600. The standard InChI is InChI=1S/C15H23N3O2/c1-2-20-14-13(10-7-11-16-14)18-15(19)17-12-8-5-3-4-6-9-12/h7,10-12H,2-6,8-9H2,1H3,(H2,17,18,19). The fourth-order valence-corrected chi connectivity index (χ4v) is 2.51. The second-order valence-electron chi connectivity index (χ2n) is 5.08. The van der Waals surface area contributed by atoms with Gasteiger partial charge in [0, 0.05) is 12.2 Å². The number of anilines is 1. The zero-order chi connectivity index (χ0) is 14.2. The van der Waals surface area contributed by atoms with Gasteiger partial charge in [0.05, 0.1) is 6.61 Å². The van der Waals surface area contributed by atoms with Gasteiger partial charge in [0.2, 0.25) is 5.88 Å².